The molecule has 1 fully saturated rings. The van der Waals surface area contributed by atoms with Gasteiger partial charge in [0, 0.05) is 39.8 Å². The van der Waals surface area contributed by atoms with E-state index in [4.69, 9.17) is 4.74 Å². The average Bonchev–Trinajstić information content (AvgIpc) is 2.88. The van der Waals surface area contributed by atoms with Crippen molar-refractivity contribution in [1.29, 1.82) is 0 Å². The maximum Gasteiger partial charge on any atom is 0.163 e. The van der Waals surface area contributed by atoms with Gasteiger partial charge in [-0.05, 0) is 13.8 Å². The van der Waals surface area contributed by atoms with Crippen molar-refractivity contribution < 1.29 is 4.74 Å². The molecule has 0 radical (unpaired) electrons. The summed E-state index contributed by atoms with van der Waals surface area (Å²) in [6, 6.07) is 0.455. The molecule has 0 unspecified atom stereocenters. The summed E-state index contributed by atoms with van der Waals surface area (Å²) in [4.78, 5) is 13.8. The summed E-state index contributed by atoms with van der Waals surface area (Å²) in [5.41, 5.74) is 0.883. The lowest BCUT2D eigenvalue weighted by Crippen LogP contribution is -2.47. The van der Waals surface area contributed by atoms with E-state index in [1.165, 1.54) is 0 Å². The lowest BCUT2D eigenvalue weighted by molar-refractivity contribution is 0.0218. The molecule has 2 aromatic heterocycles. The topological polar surface area (TPSA) is 59.3 Å². The molecule has 1 atom stereocenters. The van der Waals surface area contributed by atoms with E-state index in [-0.39, 0.29) is 0 Å². The van der Waals surface area contributed by atoms with Crippen LogP contribution in [0, 0.1) is 6.92 Å². The Morgan fingerprint density at radius 1 is 1.32 bits per heavy atom. The predicted molar refractivity (Wildman–Crippen MR) is 86.2 cm³/mol. The van der Waals surface area contributed by atoms with Gasteiger partial charge in [-0.1, -0.05) is 0 Å². The van der Waals surface area contributed by atoms with Crippen LogP contribution in [0.15, 0.2) is 6.20 Å². The molecule has 0 N–H and O–H groups in total. The smallest absolute Gasteiger partial charge is 0.163 e. The van der Waals surface area contributed by atoms with E-state index in [1.807, 2.05) is 20.2 Å². The summed E-state index contributed by atoms with van der Waals surface area (Å²) in [6.45, 7) is 8.76. The minimum atomic E-state index is 0.455. The van der Waals surface area contributed by atoms with E-state index in [1.54, 1.807) is 4.68 Å². The molecule has 0 saturated carbocycles. The van der Waals surface area contributed by atoms with Crippen LogP contribution in [0.2, 0.25) is 0 Å². The van der Waals surface area contributed by atoms with Crippen molar-refractivity contribution in [2.75, 3.05) is 44.8 Å². The third-order valence-corrected chi connectivity index (χ3v) is 4.25. The number of nitrogens with zero attached hydrogens (tertiary/aromatic N) is 6. The lowest BCUT2D eigenvalue weighted by atomic mass is 10.2. The van der Waals surface area contributed by atoms with Gasteiger partial charge in [-0.15, -0.1) is 0 Å². The molecule has 3 rings (SSSR count). The molecule has 0 aromatic carbocycles. The Morgan fingerprint density at radius 3 is 2.77 bits per heavy atom. The Kier molecular flexibility index (Phi) is 4.26. The second-order valence-electron chi connectivity index (χ2n) is 5.98. The largest absolute Gasteiger partial charge is 0.379 e. The first-order valence-corrected chi connectivity index (χ1v) is 7.75. The van der Waals surface area contributed by atoms with Gasteiger partial charge in [-0.2, -0.15) is 5.10 Å². The maximum atomic E-state index is 5.43. The highest BCUT2D eigenvalue weighted by atomic mass is 16.5. The zero-order valence-electron chi connectivity index (χ0n) is 13.8. The van der Waals surface area contributed by atoms with Crippen LogP contribution in [-0.4, -0.2) is 70.6 Å². The number of fused-ring (bicyclic) bond motifs is 1. The van der Waals surface area contributed by atoms with Gasteiger partial charge in [-0.25, -0.2) is 9.97 Å². The fraction of sp³-hybridized carbons (Fsp3) is 0.667. The highest BCUT2D eigenvalue weighted by Crippen LogP contribution is 2.23. The zero-order valence-corrected chi connectivity index (χ0v) is 13.8. The Morgan fingerprint density at radius 2 is 2.05 bits per heavy atom. The van der Waals surface area contributed by atoms with E-state index in [0.717, 1.165) is 55.5 Å². The number of likely N-dealkylation sites (N-methyl/N-ethyl adjacent to an activating group) is 1. The molecule has 7 nitrogen and oxygen atoms in total. The summed E-state index contributed by atoms with van der Waals surface area (Å²) in [5.74, 6) is 1.73. The average molecular weight is 304 g/mol. The summed E-state index contributed by atoms with van der Waals surface area (Å²) in [5, 5.41) is 5.31. The Balaban J connectivity index is 1.81. The Labute approximate surface area is 130 Å². The maximum absolute atomic E-state index is 5.43. The molecule has 1 aliphatic rings. The van der Waals surface area contributed by atoms with Crippen LogP contribution in [0.3, 0.4) is 0 Å². The van der Waals surface area contributed by atoms with Crippen molar-refractivity contribution in [3.8, 4) is 0 Å². The third kappa shape index (κ3) is 2.91. The van der Waals surface area contributed by atoms with Gasteiger partial charge in [0.1, 0.15) is 11.6 Å². The number of anilines is 1. The van der Waals surface area contributed by atoms with Crippen molar-refractivity contribution >= 4 is 16.9 Å². The fourth-order valence-corrected chi connectivity index (χ4v) is 3.02. The minimum Gasteiger partial charge on any atom is -0.379 e. The number of ether oxygens (including phenoxy) is 1. The van der Waals surface area contributed by atoms with E-state index in [0.29, 0.717) is 6.04 Å². The van der Waals surface area contributed by atoms with Crippen molar-refractivity contribution in [2.24, 2.45) is 7.05 Å². The number of aromatic nitrogens is 4. The van der Waals surface area contributed by atoms with Crippen molar-refractivity contribution in [3.05, 3.63) is 12.0 Å². The highest BCUT2D eigenvalue weighted by Gasteiger charge is 2.20. The SMILES string of the molecule is Cc1nc(N(C)C[C@H](C)N2CCOCC2)c2cnn(C)c2n1. The first kappa shape index (κ1) is 15.2. The first-order valence-electron chi connectivity index (χ1n) is 7.75. The van der Waals surface area contributed by atoms with Gasteiger partial charge in [0.2, 0.25) is 0 Å². The molecule has 1 saturated heterocycles. The van der Waals surface area contributed by atoms with Gasteiger partial charge in [0.15, 0.2) is 5.65 Å². The summed E-state index contributed by atoms with van der Waals surface area (Å²) < 4.78 is 7.23. The van der Waals surface area contributed by atoms with Crippen LogP contribution in [0.4, 0.5) is 5.82 Å². The number of aryl methyl sites for hydroxylation is 2. The summed E-state index contributed by atoms with van der Waals surface area (Å²) in [7, 11) is 4.00. The third-order valence-electron chi connectivity index (χ3n) is 4.25. The van der Waals surface area contributed by atoms with Gasteiger partial charge in [0.05, 0.1) is 24.8 Å². The van der Waals surface area contributed by atoms with Crippen molar-refractivity contribution in [2.45, 2.75) is 19.9 Å². The normalized spacial score (nSPS) is 17.8. The second-order valence-corrected chi connectivity index (χ2v) is 5.98. The standard InChI is InChI=1S/C15H24N6O/c1-11(21-5-7-22-8-6-21)10-19(3)14-13-9-16-20(4)15(13)18-12(2)17-14/h9,11H,5-8,10H2,1-4H3/t11-/m0/s1. The van der Waals surface area contributed by atoms with Crippen LogP contribution in [0.25, 0.3) is 11.0 Å². The summed E-state index contributed by atoms with van der Waals surface area (Å²) >= 11 is 0. The van der Waals surface area contributed by atoms with E-state index in [9.17, 15) is 0 Å². The van der Waals surface area contributed by atoms with Crippen molar-refractivity contribution in [1.82, 2.24) is 24.6 Å². The van der Waals surface area contributed by atoms with Gasteiger partial charge in [0.25, 0.3) is 0 Å². The van der Waals surface area contributed by atoms with Crippen LogP contribution >= 0.6 is 0 Å². The molecular weight excluding hydrogens is 280 g/mol. The van der Waals surface area contributed by atoms with Crippen LogP contribution in [-0.2, 0) is 11.8 Å². The lowest BCUT2D eigenvalue weighted by Gasteiger charge is -2.34. The zero-order chi connectivity index (χ0) is 15.7. The molecule has 7 heteroatoms. The van der Waals surface area contributed by atoms with Crippen molar-refractivity contribution in [3.63, 3.8) is 0 Å². The first-order chi connectivity index (χ1) is 10.6. The van der Waals surface area contributed by atoms with Crippen LogP contribution in [0.1, 0.15) is 12.7 Å². The van der Waals surface area contributed by atoms with Crippen LogP contribution < -0.4 is 4.90 Å². The molecule has 0 aliphatic carbocycles. The van der Waals surface area contributed by atoms with Gasteiger partial charge in [-0.3, -0.25) is 9.58 Å². The second kappa shape index (κ2) is 6.18. The molecule has 0 amide bonds. The fourth-order valence-electron chi connectivity index (χ4n) is 3.02. The Hall–Kier alpha value is -1.73. The van der Waals surface area contributed by atoms with Crippen LogP contribution in [0.5, 0.6) is 0 Å². The molecule has 0 spiro atoms. The molecular formula is C15H24N6O. The van der Waals surface area contributed by atoms with Gasteiger partial charge < -0.3 is 9.64 Å². The Bertz CT molecular complexity index is 649. The predicted octanol–water partition coefficient (Wildman–Crippen LogP) is 0.829. The summed E-state index contributed by atoms with van der Waals surface area (Å²) in [6.07, 6.45) is 1.85. The highest BCUT2D eigenvalue weighted by molar-refractivity contribution is 5.86. The molecule has 0 bridgehead atoms. The van der Waals surface area contributed by atoms with E-state index >= 15 is 0 Å². The number of rotatable bonds is 4. The van der Waals surface area contributed by atoms with Gasteiger partial charge >= 0.3 is 0 Å². The number of morpholine rings is 1. The quantitative estimate of drug-likeness (QED) is 0.834. The number of hydrogen-bond donors (Lipinski definition) is 0. The monoisotopic (exact) mass is 304 g/mol. The number of hydrogen-bond acceptors (Lipinski definition) is 6. The molecule has 3 heterocycles. The molecule has 1 aliphatic heterocycles. The van der Waals surface area contributed by atoms with E-state index < -0.39 is 0 Å². The molecule has 2 aromatic rings. The molecule has 120 valence electrons. The van der Waals surface area contributed by atoms with E-state index in [2.05, 4.69) is 38.8 Å². The molecule has 22 heavy (non-hydrogen) atoms. The minimum absolute atomic E-state index is 0.455.